The molecule has 96 valence electrons. The standard InChI is InChI=1S/C14H17NO3/c1-9(8-13(16)17)15-14(18)12-7-3-5-10-4-2-6-11(10)12/h3,5,7,9H,2,4,6,8H2,1H3,(H,15,18)(H,16,17). The summed E-state index contributed by atoms with van der Waals surface area (Å²) in [5.41, 5.74) is 3.06. The summed E-state index contributed by atoms with van der Waals surface area (Å²) in [6, 6.07) is 5.40. The molecule has 0 fully saturated rings. The van der Waals surface area contributed by atoms with Crippen molar-refractivity contribution < 1.29 is 14.7 Å². The predicted octanol–water partition coefficient (Wildman–Crippen LogP) is 1.77. The fraction of sp³-hybridized carbons (Fsp3) is 0.429. The Morgan fingerprint density at radius 1 is 1.39 bits per heavy atom. The number of hydrogen-bond acceptors (Lipinski definition) is 2. The number of carboxylic acid groups (broad SMARTS) is 1. The summed E-state index contributed by atoms with van der Waals surface area (Å²) in [6.07, 6.45) is 3.00. The fourth-order valence-electron chi connectivity index (χ4n) is 2.45. The first-order valence-electron chi connectivity index (χ1n) is 6.21. The van der Waals surface area contributed by atoms with E-state index in [1.807, 2.05) is 12.1 Å². The Kier molecular flexibility index (Phi) is 3.65. The van der Waals surface area contributed by atoms with E-state index >= 15 is 0 Å². The summed E-state index contributed by atoms with van der Waals surface area (Å²) in [7, 11) is 0. The van der Waals surface area contributed by atoms with Crippen molar-refractivity contribution in [1.82, 2.24) is 5.32 Å². The quantitative estimate of drug-likeness (QED) is 0.852. The maximum atomic E-state index is 12.1. The Morgan fingerprint density at radius 3 is 2.89 bits per heavy atom. The molecule has 1 amide bonds. The van der Waals surface area contributed by atoms with Crippen LogP contribution in [0.4, 0.5) is 0 Å². The van der Waals surface area contributed by atoms with E-state index in [0.717, 1.165) is 24.8 Å². The molecule has 4 nitrogen and oxygen atoms in total. The van der Waals surface area contributed by atoms with Gasteiger partial charge in [-0.05, 0) is 43.4 Å². The molecule has 2 N–H and O–H groups in total. The lowest BCUT2D eigenvalue weighted by Crippen LogP contribution is -2.34. The average Bonchev–Trinajstić information content (AvgIpc) is 2.74. The van der Waals surface area contributed by atoms with Crippen LogP contribution >= 0.6 is 0 Å². The number of benzene rings is 1. The van der Waals surface area contributed by atoms with Gasteiger partial charge in [-0.25, -0.2) is 0 Å². The lowest BCUT2D eigenvalue weighted by Gasteiger charge is -2.13. The molecule has 1 aliphatic rings. The number of fused-ring (bicyclic) bond motifs is 1. The van der Waals surface area contributed by atoms with E-state index in [1.54, 1.807) is 6.92 Å². The van der Waals surface area contributed by atoms with Crippen LogP contribution in [0.5, 0.6) is 0 Å². The number of hydrogen-bond donors (Lipinski definition) is 2. The van der Waals surface area contributed by atoms with Gasteiger partial charge >= 0.3 is 5.97 Å². The fourth-order valence-corrected chi connectivity index (χ4v) is 2.45. The topological polar surface area (TPSA) is 66.4 Å². The molecule has 0 spiro atoms. The van der Waals surface area contributed by atoms with Gasteiger partial charge < -0.3 is 10.4 Å². The molecule has 1 aromatic carbocycles. The first-order chi connectivity index (χ1) is 8.58. The Labute approximate surface area is 106 Å². The van der Waals surface area contributed by atoms with E-state index in [1.165, 1.54) is 5.56 Å². The van der Waals surface area contributed by atoms with E-state index in [9.17, 15) is 9.59 Å². The number of aryl methyl sites for hydroxylation is 1. The first-order valence-corrected chi connectivity index (χ1v) is 6.21. The third kappa shape index (κ3) is 2.70. The zero-order valence-corrected chi connectivity index (χ0v) is 10.4. The van der Waals surface area contributed by atoms with Gasteiger partial charge in [0.05, 0.1) is 6.42 Å². The molecule has 0 aromatic heterocycles. The molecule has 0 saturated heterocycles. The second-order valence-corrected chi connectivity index (χ2v) is 4.77. The maximum Gasteiger partial charge on any atom is 0.305 e. The monoisotopic (exact) mass is 247 g/mol. The van der Waals surface area contributed by atoms with Crippen molar-refractivity contribution in [2.45, 2.75) is 38.6 Å². The first kappa shape index (κ1) is 12.6. The van der Waals surface area contributed by atoms with Crippen molar-refractivity contribution in [1.29, 1.82) is 0 Å². The van der Waals surface area contributed by atoms with Crippen LogP contribution < -0.4 is 5.32 Å². The number of carbonyl (C=O) groups excluding carboxylic acids is 1. The molecule has 0 radical (unpaired) electrons. The highest BCUT2D eigenvalue weighted by molar-refractivity contribution is 5.96. The highest BCUT2D eigenvalue weighted by Crippen LogP contribution is 2.25. The smallest absolute Gasteiger partial charge is 0.305 e. The molecule has 0 heterocycles. The van der Waals surface area contributed by atoms with Crippen LogP contribution in [0.25, 0.3) is 0 Å². The average molecular weight is 247 g/mol. The van der Waals surface area contributed by atoms with Crippen molar-refractivity contribution in [3.05, 3.63) is 34.9 Å². The van der Waals surface area contributed by atoms with Crippen molar-refractivity contribution in [3.63, 3.8) is 0 Å². The minimum Gasteiger partial charge on any atom is -0.481 e. The number of aliphatic carboxylic acids is 1. The lowest BCUT2D eigenvalue weighted by molar-refractivity contribution is -0.137. The molecule has 1 aromatic rings. The summed E-state index contributed by atoms with van der Waals surface area (Å²) in [4.78, 5) is 22.7. The Morgan fingerprint density at radius 2 is 2.17 bits per heavy atom. The van der Waals surface area contributed by atoms with Crippen LogP contribution in [0.1, 0.15) is 41.3 Å². The third-order valence-corrected chi connectivity index (χ3v) is 3.25. The number of amides is 1. The second-order valence-electron chi connectivity index (χ2n) is 4.77. The van der Waals surface area contributed by atoms with Gasteiger partial charge in [0.25, 0.3) is 5.91 Å². The lowest BCUT2D eigenvalue weighted by atomic mass is 10.0. The van der Waals surface area contributed by atoms with Gasteiger partial charge in [-0.2, -0.15) is 0 Å². The molecule has 0 aliphatic heterocycles. The van der Waals surface area contributed by atoms with E-state index in [0.29, 0.717) is 5.56 Å². The van der Waals surface area contributed by atoms with Gasteiger partial charge in [-0.15, -0.1) is 0 Å². The number of nitrogens with one attached hydrogen (secondary N) is 1. The van der Waals surface area contributed by atoms with Gasteiger partial charge in [0.15, 0.2) is 0 Å². The van der Waals surface area contributed by atoms with Gasteiger partial charge in [0, 0.05) is 11.6 Å². The second kappa shape index (κ2) is 5.21. The molecule has 1 unspecified atom stereocenters. The SMILES string of the molecule is CC(CC(=O)O)NC(=O)c1cccc2c1CCC2. The van der Waals surface area contributed by atoms with E-state index in [-0.39, 0.29) is 18.4 Å². The van der Waals surface area contributed by atoms with Crippen molar-refractivity contribution in [2.24, 2.45) is 0 Å². The summed E-state index contributed by atoms with van der Waals surface area (Å²) in [5, 5.41) is 11.4. The van der Waals surface area contributed by atoms with Crippen molar-refractivity contribution in [2.75, 3.05) is 0 Å². The van der Waals surface area contributed by atoms with E-state index < -0.39 is 5.97 Å². The number of rotatable bonds is 4. The van der Waals surface area contributed by atoms with E-state index in [2.05, 4.69) is 11.4 Å². The molecule has 2 rings (SSSR count). The van der Waals surface area contributed by atoms with Crippen molar-refractivity contribution in [3.8, 4) is 0 Å². The Bertz CT molecular complexity index is 482. The van der Waals surface area contributed by atoms with Crippen LogP contribution in [0.3, 0.4) is 0 Å². The Hall–Kier alpha value is -1.84. The molecule has 1 aliphatic carbocycles. The molecule has 4 heteroatoms. The third-order valence-electron chi connectivity index (χ3n) is 3.25. The van der Waals surface area contributed by atoms with Gasteiger partial charge in [0.1, 0.15) is 0 Å². The molecule has 0 bridgehead atoms. The molecular formula is C14H17NO3. The highest BCUT2D eigenvalue weighted by atomic mass is 16.4. The Balaban J connectivity index is 2.10. The maximum absolute atomic E-state index is 12.1. The van der Waals surface area contributed by atoms with Crippen LogP contribution in [0.15, 0.2) is 18.2 Å². The molecule has 1 atom stereocenters. The number of carbonyl (C=O) groups is 2. The minimum atomic E-state index is -0.902. The van der Waals surface area contributed by atoms with Gasteiger partial charge in [0.2, 0.25) is 0 Å². The van der Waals surface area contributed by atoms with Crippen LogP contribution in [-0.4, -0.2) is 23.0 Å². The summed E-state index contributed by atoms with van der Waals surface area (Å²) in [5.74, 6) is -1.07. The summed E-state index contributed by atoms with van der Waals surface area (Å²) in [6.45, 7) is 1.70. The van der Waals surface area contributed by atoms with Gasteiger partial charge in [-0.1, -0.05) is 12.1 Å². The minimum absolute atomic E-state index is 0.0548. The van der Waals surface area contributed by atoms with Crippen LogP contribution in [0.2, 0.25) is 0 Å². The molecule has 0 saturated carbocycles. The van der Waals surface area contributed by atoms with Crippen molar-refractivity contribution >= 4 is 11.9 Å². The largest absolute Gasteiger partial charge is 0.481 e. The normalized spacial score (nSPS) is 14.9. The number of carboxylic acids is 1. The van der Waals surface area contributed by atoms with Gasteiger partial charge in [-0.3, -0.25) is 9.59 Å². The summed E-state index contributed by atoms with van der Waals surface area (Å²) >= 11 is 0. The van der Waals surface area contributed by atoms with Crippen LogP contribution in [0, 0.1) is 0 Å². The predicted molar refractivity (Wildman–Crippen MR) is 67.6 cm³/mol. The molecule has 18 heavy (non-hydrogen) atoms. The van der Waals surface area contributed by atoms with Crippen LogP contribution in [-0.2, 0) is 17.6 Å². The van der Waals surface area contributed by atoms with E-state index in [4.69, 9.17) is 5.11 Å². The summed E-state index contributed by atoms with van der Waals surface area (Å²) < 4.78 is 0. The zero-order valence-electron chi connectivity index (χ0n) is 10.4. The zero-order chi connectivity index (χ0) is 13.1. The molecular weight excluding hydrogens is 230 g/mol. The highest BCUT2D eigenvalue weighted by Gasteiger charge is 2.20.